The van der Waals surface area contributed by atoms with E-state index in [9.17, 15) is 35.9 Å². The molecule has 3 aliphatic rings. The Morgan fingerprint density at radius 3 is 2.48 bits per heavy atom. The Balaban J connectivity index is 1.52. The van der Waals surface area contributed by atoms with E-state index in [0.29, 0.717) is 38.4 Å². The van der Waals surface area contributed by atoms with E-state index in [0.717, 1.165) is 30.0 Å². The van der Waals surface area contributed by atoms with Gasteiger partial charge in [-0.05, 0) is 69.5 Å². The van der Waals surface area contributed by atoms with Crippen LogP contribution in [0.15, 0.2) is 46.6 Å². The van der Waals surface area contributed by atoms with Crippen LogP contribution in [0.1, 0.15) is 37.8 Å². The number of thioether (sulfide) groups is 1. The summed E-state index contributed by atoms with van der Waals surface area (Å²) in [4.78, 5) is 35.7. The highest BCUT2D eigenvalue weighted by molar-refractivity contribution is 7.99. The van der Waals surface area contributed by atoms with Crippen LogP contribution in [0.2, 0.25) is 0 Å². The Bertz CT molecular complexity index is 1790. The van der Waals surface area contributed by atoms with Crippen molar-refractivity contribution in [2.45, 2.75) is 55.8 Å². The number of hydrogen-bond acceptors (Lipinski definition) is 6. The van der Waals surface area contributed by atoms with Gasteiger partial charge in [-0.1, -0.05) is 6.58 Å². The molecule has 0 bridgehead atoms. The van der Waals surface area contributed by atoms with Crippen LogP contribution in [0.25, 0.3) is 22.0 Å². The summed E-state index contributed by atoms with van der Waals surface area (Å²) in [6, 6.07) is 2.38. The van der Waals surface area contributed by atoms with Gasteiger partial charge in [0.15, 0.2) is 0 Å². The molecule has 0 saturated carbocycles. The number of carbonyl (C=O) groups excluding carboxylic acids is 1. The van der Waals surface area contributed by atoms with Crippen molar-refractivity contribution in [1.29, 1.82) is 0 Å². The summed E-state index contributed by atoms with van der Waals surface area (Å²) >= 11 is 1.08. The number of amides is 1. The number of piperidine rings is 1. The predicted molar refractivity (Wildman–Crippen MR) is 169 cm³/mol. The van der Waals surface area contributed by atoms with Crippen molar-refractivity contribution in [2.24, 2.45) is 5.92 Å². The zero-order valence-electron chi connectivity index (χ0n) is 26.1. The summed E-state index contributed by atoms with van der Waals surface area (Å²) in [7, 11) is 0. The van der Waals surface area contributed by atoms with Gasteiger partial charge in [0, 0.05) is 64.9 Å². The van der Waals surface area contributed by atoms with Crippen molar-refractivity contribution in [3.05, 3.63) is 64.6 Å². The van der Waals surface area contributed by atoms with Crippen LogP contribution < -0.4 is 10.6 Å². The molecule has 1 amide bonds. The van der Waals surface area contributed by atoms with Gasteiger partial charge in [0.25, 0.3) is 6.43 Å². The fourth-order valence-corrected chi connectivity index (χ4v) is 8.61. The van der Waals surface area contributed by atoms with Gasteiger partial charge in [0.1, 0.15) is 17.5 Å². The molecule has 0 aliphatic carbocycles. The molecule has 0 radical (unpaired) electrons. The number of rotatable bonds is 7. The third-order valence-corrected chi connectivity index (χ3v) is 10.8. The molecule has 2 fully saturated rings. The minimum Gasteiger partial charge on any atom is -0.350 e. The van der Waals surface area contributed by atoms with Crippen molar-refractivity contribution in [3.63, 3.8) is 0 Å². The third kappa shape index (κ3) is 6.55. The van der Waals surface area contributed by atoms with Crippen molar-refractivity contribution in [1.82, 2.24) is 19.4 Å². The molecule has 6 rings (SSSR count). The topological polar surface area (TPSA) is 61.7 Å². The number of hydrogen-bond donors (Lipinski definition) is 0. The van der Waals surface area contributed by atoms with Crippen LogP contribution >= 0.6 is 11.8 Å². The highest BCUT2D eigenvalue weighted by atomic mass is 32.2. The number of likely N-dealkylation sites (tertiary alicyclic amines) is 1. The van der Waals surface area contributed by atoms with Crippen molar-refractivity contribution in [3.8, 4) is 11.1 Å². The SMILES string of the molecule is C=CC(=O)N1CCN(c2nc(=O)n3c4c(c(-c5ccc(F)cc5F)c(C(F)(F)F)cc24)SC[C@@H]3CC2CCN(CC(F)F)CC2)[C@@H](C)C1. The predicted octanol–water partition coefficient (Wildman–Crippen LogP) is 6.60. The lowest BCUT2D eigenvalue weighted by atomic mass is 9.90. The first-order valence-corrected chi connectivity index (χ1v) is 16.7. The highest BCUT2D eigenvalue weighted by Gasteiger charge is 2.41. The number of aromatic nitrogens is 2. The minimum atomic E-state index is -4.95. The first-order valence-electron chi connectivity index (χ1n) is 15.7. The highest BCUT2D eigenvalue weighted by Crippen LogP contribution is 2.51. The fraction of sp³-hybridized carbons (Fsp3) is 0.485. The van der Waals surface area contributed by atoms with Gasteiger partial charge < -0.3 is 9.80 Å². The van der Waals surface area contributed by atoms with Gasteiger partial charge >= 0.3 is 11.9 Å². The number of halogens is 7. The summed E-state index contributed by atoms with van der Waals surface area (Å²) in [5.74, 6) is -2.12. The Labute approximate surface area is 276 Å². The molecular formula is C33H34F7N5O2S. The zero-order chi connectivity index (χ0) is 34.5. The molecule has 0 N–H and O–H groups in total. The summed E-state index contributed by atoms with van der Waals surface area (Å²) < 4.78 is 101. The van der Waals surface area contributed by atoms with Crippen molar-refractivity contribution in [2.75, 3.05) is 49.9 Å². The van der Waals surface area contributed by atoms with Crippen LogP contribution in [0.3, 0.4) is 0 Å². The van der Waals surface area contributed by atoms with Gasteiger partial charge in [-0.25, -0.2) is 22.4 Å². The lowest BCUT2D eigenvalue weighted by molar-refractivity contribution is -0.137. The Morgan fingerprint density at radius 2 is 1.85 bits per heavy atom. The number of anilines is 1. The van der Waals surface area contributed by atoms with E-state index in [2.05, 4.69) is 11.6 Å². The van der Waals surface area contributed by atoms with E-state index in [1.54, 1.807) is 21.6 Å². The number of carbonyl (C=O) groups is 1. The zero-order valence-corrected chi connectivity index (χ0v) is 26.9. The second-order valence-corrected chi connectivity index (χ2v) is 13.6. The Hall–Kier alpha value is -3.59. The third-order valence-electron chi connectivity index (χ3n) is 9.53. The second kappa shape index (κ2) is 13.4. The summed E-state index contributed by atoms with van der Waals surface area (Å²) in [5, 5.41) is 0.0579. The van der Waals surface area contributed by atoms with Gasteiger partial charge in [0.2, 0.25) is 5.91 Å². The average Bonchev–Trinajstić information content (AvgIpc) is 3.03. The first kappa shape index (κ1) is 34.3. The van der Waals surface area contributed by atoms with Crippen LogP contribution in [0, 0.1) is 17.6 Å². The fourth-order valence-electron chi connectivity index (χ4n) is 7.25. The molecule has 3 aromatic rings. The van der Waals surface area contributed by atoms with Crippen LogP contribution in [-0.2, 0) is 11.0 Å². The molecule has 7 nitrogen and oxygen atoms in total. The monoisotopic (exact) mass is 697 g/mol. The second-order valence-electron chi connectivity index (χ2n) is 12.6. The molecule has 258 valence electrons. The normalized spacial score (nSPS) is 20.9. The molecule has 0 spiro atoms. The quantitative estimate of drug-likeness (QED) is 0.205. The minimum absolute atomic E-state index is 0.0314. The molecule has 4 heterocycles. The van der Waals surface area contributed by atoms with Gasteiger partial charge in [0.05, 0.1) is 17.6 Å². The summed E-state index contributed by atoms with van der Waals surface area (Å²) in [6.45, 7) is 6.54. The Kier molecular flexibility index (Phi) is 9.55. The molecule has 0 unspecified atom stereocenters. The average molecular weight is 698 g/mol. The van der Waals surface area contributed by atoms with Crippen LogP contribution in [0.5, 0.6) is 0 Å². The van der Waals surface area contributed by atoms with Crippen molar-refractivity contribution >= 4 is 34.4 Å². The molecule has 2 aromatic carbocycles. The van der Waals surface area contributed by atoms with Crippen molar-refractivity contribution < 1.29 is 35.5 Å². The van der Waals surface area contributed by atoms with E-state index in [4.69, 9.17) is 0 Å². The van der Waals surface area contributed by atoms with Gasteiger partial charge in [-0.2, -0.15) is 18.2 Å². The smallest absolute Gasteiger partial charge is 0.350 e. The maximum Gasteiger partial charge on any atom is 0.417 e. The number of piperazine rings is 1. The molecule has 2 saturated heterocycles. The van der Waals surface area contributed by atoms with Crippen LogP contribution in [0.4, 0.5) is 36.6 Å². The Morgan fingerprint density at radius 1 is 1.12 bits per heavy atom. The molecular weight excluding hydrogens is 663 g/mol. The maximum absolute atomic E-state index is 15.3. The molecule has 48 heavy (non-hydrogen) atoms. The number of nitrogens with zero attached hydrogens (tertiary/aromatic N) is 5. The van der Waals surface area contributed by atoms with E-state index in [1.165, 1.54) is 10.6 Å². The number of alkyl halides is 5. The van der Waals surface area contributed by atoms with Gasteiger partial charge in [-0.3, -0.25) is 14.3 Å². The van der Waals surface area contributed by atoms with E-state index < -0.39 is 58.7 Å². The maximum atomic E-state index is 15.3. The molecule has 3 aliphatic heterocycles. The van der Waals surface area contributed by atoms with E-state index in [-0.39, 0.29) is 65.4 Å². The van der Waals surface area contributed by atoms with Gasteiger partial charge in [-0.15, -0.1) is 11.8 Å². The van der Waals surface area contributed by atoms with E-state index in [1.807, 2.05) is 0 Å². The first-order chi connectivity index (χ1) is 22.8. The standard InChI is InChI=1S/C33H34F7N5O2S/c1-3-27(46)43-10-11-44(18(2)15-43)31-23-14-24(33(38,39)40)28(22-5-4-20(34)13-25(22)35)30-29(23)45(32(47)41-31)21(17-48-30)12-19-6-8-42(9-7-19)16-26(36)37/h3-5,13-14,18-19,21,26H,1,6-12,15-17H2,2H3/t18-,21-/m0/s1. The summed E-state index contributed by atoms with van der Waals surface area (Å²) in [6.07, 6.45) is -4.50. The molecule has 2 atom stereocenters. The summed E-state index contributed by atoms with van der Waals surface area (Å²) in [5.41, 5.74) is -2.56. The lowest BCUT2D eigenvalue weighted by Gasteiger charge is -2.41. The van der Waals surface area contributed by atoms with Crippen LogP contribution in [-0.4, -0.2) is 82.7 Å². The number of benzene rings is 2. The van der Waals surface area contributed by atoms with E-state index >= 15 is 4.39 Å². The lowest BCUT2D eigenvalue weighted by Crippen LogP contribution is -2.54. The largest absolute Gasteiger partial charge is 0.417 e. The molecule has 1 aromatic heterocycles. The molecule has 15 heteroatoms.